The molecular formula is C21H17N3O4S. The summed E-state index contributed by atoms with van der Waals surface area (Å²) in [5.74, 6) is -0.443. The van der Waals surface area contributed by atoms with Gasteiger partial charge in [0.15, 0.2) is 0 Å². The van der Waals surface area contributed by atoms with E-state index < -0.39 is 4.92 Å². The number of nitro groups is 1. The van der Waals surface area contributed by atoms with E-state index in [9.17, 15) is 19.7 Å². The summed E-state index contributed by atoms with van der Waals surface area (Å²) in [4.78, 5) is 35.7. The zero-order valence-electron chi connectivity index (χ0n) is 15.4. The normalized spacial score (nSPS) is 10.2. The number of nitro benzene ring substituents is 1. The molecule has 0 bridgehead atoms. The Morgan fingerprint density at radius 1 is 0.862 bits per heavy atom. The van der Waals surface area contributed by atoms with Crippen molar-refractivity contribution in [2.24, 2.45) is 0 Å². The van der Waals surface area contributed by atoms with Gasteiger partial charge in [-0.3, -0.25) is 19.7 Å². The predicted molar refractivity (Wildman–Crippen MR) is 112 cm³/mol. The van der Waals surface area contributed by atoms with E-state index in [1.54, 1.807) is 48.5 Å². The first-order chi connectivity index (χ1) is 13.9. The number of anilines is 2. The fourth-order valence-electron chi connectivity index (χ4n) is 2.54. The van der Waals surface area contributed by atoms with Gasteiger partial charge in [0, 0.05) is 40.2 Å². The number of non-ortho nitro benzene ring substituents is 1. The standard InChI is InChI=1S/C21H17N3O4S/c1-14(25)22-15-6-8-16(9-7-15)23-21(26)19-4-2-3-5-20(19)29-18-12-10-17(11-13-18)24(27)28/h2-13H,1H3,(H,22,25)(H,23,26). The van der Waals surface area contributed by atoms with E-state index in [0.717, 1.165) is 9.79 Å². The first-order valence-electron chi connectivity index (χ1n) is 8.63. The van der Waals surface area contributed by atoms with Crippen molar-refractivity contribution in [3.63, 3.8) is 0 Å². The van der Waals surface area contributed by atoms with Gasteiger partial charge in [0.2, 0.25) is 5.91 Å². The van der Waals surface area contributed by atoms with Crippen LogP contribution in [0.25, 0.3) is 0 Å². The lowest BCUT2D eigenvalue weighted by Crippen LogP contribution is -2.13. The number of nitrogens with zero attached hydrogens (tertiary/aromatic N) is 1. The molecule has 29 heavy (non-hydrogen) atoms. The number of carbonyl (C=O) groups is 2. The molecule has 0 saturated carbocycles. The summed E-state index contributed by atoms with van der Waals surface area (Å²) in [6.45, 7) is 1.43. The van der Waals surface area contributed by atoms with Crippen LogP contribution in [0.5, 0.6) is 0 Å². The minimum Gasteiger partial charge on any atom is -0.326 e. The van der Waals surface area contributed by atoms with Crippen LogP contribution in [0.4, 0.5) is 17.1 Å². The van der Waals surface area contributed by atoms with Crippen LogP contribution < -0.4 is 10.6 Å². The SMILES string of the molecule is CC(=O)Nc1ccc(NC(=O)c2ccccc2Sc2ccc([N+](=O)[O-])cc2)cc1. The summed E-state index contributed by atoms with van der Waals surface area (Å²) in [5.41, 5.74) is 1.74. The molecule has 0 atom stereocenters. The van der Waals surface area contributed by atoms with Gasteiger partial charge < -0.3 is 10.6 Å². The molecule has 8 heteroatoms. The minimum absolute atomic E-state index is 0.0167. The molecule has 3 aromatic rings. The van der Waals surface area contributed by atoms with Gasteiger partial charge in [-0.1, -0.05) is 23.9 Å². The molecule has 0 fully saturated rings. The topological polar surface area (TPSA) is 101 Å². The molecule has 0 radical (unpaired) electrons. The van der Waals surface area contributed by atoms with Gasteiger partial charge >= 0.3 is 0 Å². The van der Waals surface area contributed by atoms with Crippen LogP contribution in [-0.2, 0) is 4.79 Å². The molecule has 146 valence electrons. The lowest BCUT2D eigenvalue weighted by molar-refractivity contribution is -0.384. The largest absolute Gasteiger partial charge is 0.326 e. The van der Waals surface area contributed by atoms with E-state index in [-0.39, 0.29) is 17.5 Å². The number of nitrogens with one attached hydrogen (secondary N) is 2. The average molecular weight is 407 g/mol. The molecule has 0 spiro atoms. The van der Waals surface area contributed by atoms with E-state index in [1.807, 2.05) is 12.1 Å². The van der Waals surface area contributed by atoms with Crippen molar-refractivity contribution in [2.75, 3.05) is 10.6 Å². The molecule has 0 aliphatic carbocycles. The first-order valence-corrected chi connectivity index (χ1v) is 9.44. The Bertz CT molecular complexity index is 1050. The monoisotopic (exact) mass is 407 g/mol. The molecule has 2 amide bonds. The Kier molecular flexibility index (Phi) is 6.25. The maximum atomic E-state index is 12.7. The molecule has 7 nitrogen and oxygen atoms in total. The summed E-state index contributed by atoms with van der Waals surface area (Å²) in [6, 6.07) is 20.1. The van der Waals surface area contributed by atoms with E-state index in [2.05, 4.69) is 10.6 Å². The van der Waals surface area contributed by atoms with Gasteiger partial charge in [0.1, 0.15) is 0 Å². The van der Waals surface area contributed by atoms with E-state index in [1.165, 1.54) is 30.8 Å². The smallest absolute Gasteiger partial charge is 0.269 e. The van der Waals surface area contributed by atoms with Crippen molar-refractivity contribution in [1.82, 2.24) is 0 Å². The van der Waals surface area contributed by atoms with Crippen molar-refractivity contribution in [2.45, 2.75) is 16.7 Å². The molecule has 0 aromatic heterocycles. The van der Waals surface area contributed by atoms with Crippen molar-refractivity contribution < 1.29 is 14.5 Å². The highest BCUT2D eigenvalue weighted by atomic mass is 32.2. The van der Waals surface area contributed by atoms with Gasteiger partial charge in [0.25, 0.3) is 11.6 Å². The molecule has 2 N–H and O–H groups in total. The molecule has 0 unspecified atom stereocenters. The Morgan fingerprint density at radius 3 is 2.03 bits per heavy atom. The Morgan fingerprint density at radius 2 is 1.45 bits per heavy atom. The van der Waals surface area contributed by atoms with Crippen LogP contribution in [0.1, 0.15) is 17.3 Å². The second kappa shape index (κ2) is 9.03. The number of benzene rings is 3. The number of hydrogen-bond donors (Lipinski definition) is 2. The summed E-state index contributed by atoms with van der Waals surface area (Å²) in [6.07, 6.45) is 0. The summed E-state index contributed by atoms with van der Waals surface area (Å²) in [7, 11) is 0. The minimum atomic E-state index is -0.451. The number of rotatable bonds is 6. The van der Waals surface area contributed by atoms with Crippen LogP contribution in [0.2, 0.25) is 0 Å². The first kappa shape index (κ1) is 20.1. The molecule has 0 aliphatic rings. The van der Waals surface area contributed by atoms with Crippen LogP contribution in [0.3, 0.4) is 0 Å². The van der Waals surface area contributed by atoms with Crippen LogP contribution >= 0.6 is 11.8 Å². The molecule has 3 aromatic carbocycles. The lowest BCUT2D eigenvalue weighted by atomic mass is 10.2. The van der Waals surface area contributed by atoms with Crippen molar-refractivity contribution in [3.05, 3.63) is 88.5 Å². The Balaban J connectivity index is 1.74. The van der Waals surface area contributed by atoms with Gasteiger partial charge in [-0.05, 0) is 48.5 Å². The summed E-state index contributed by atoms with van der Waals surface area (Å²) < 4.78 is 0. The second-order valence-electron chi connectivity index (χ2n) is 6.06. The summed E-state index contributed by atoms with van der Waals surface area (Å²) >= 11 is 1.35. The zero-order chi connectivity index (χ0) is 20.8. The van der Waals surface area contributed by atoms with Crippen LogP contribution in [0.15, 0.2) is 82.6 Å². The highest BCUT2D eigenvalue weighted by Gasteiger charge is 2.13. The Hall–Kier alpha value is -3.65. The third-order valence-electron chi connectivity index (χ3n) is 3.87. The maximum absolute atomic E-state index is 12.7. The van der Waals surface area contributed by atoms with Gasteiger partial charge in [-0.15, -0.1) is 0 Å². The highest BCUT2D eigenvalue weighted by Crippen LogP contribution is 2.32. The highest BCUT2D eigenvalue weighted by molar-refractivity contribution is 7.99. The molecule has 3 rings (SSSR count). The number of hydrogen-bond acceptors (Lipinski definition) is 5. The van der Waals surface area contributed by atoms with Crippen LogP contribution in [-0.4, -0.2) is 16.7 Å². The fourth-order valence-corrected chi connectivity index (χ4v) is 3.49. The second-order valence-corrected chi connectivity index (χ2v) is 7.18. The molecule has 0 saturated heterocycles. The van der Waals surface area contributed by atoms with E-state index in [4.69, 9.17) is 0 Å². The predicted octanol–water partition coefficient (Wildman–Crippen LogP) is 4.96. The van der Waals surface area contributed by atoms with E-state index in [0.29, 0.717) is 16.9 Å². The van der Waals surface area contributed by atoms with Crippen molar-refractivity contribution in [1.29, 1.82) is 0 Å². The maximum Gasteiger partial charge on any atom is 0.269 e. The zero-order valence-corrected chi connectivity index (χ0v) is 16.2. The van der Waals surface area contributed by atoms with Crippen molar-refractivity contribution >= 4 is 40.6 Å². The van der Waals surface area contributed by atoms with Gasteiger partial charge in [-0.2, -0.15) is 0 Å². The third kappa shape index (κ3) is 5.43. The number of carbonyl (C=O) groups excluding carboxylic acids is 2. The van der Waals surface area contributed by atoms with Crippen molar-refractivity contribution in [3.8, 4) is 0 Å². The third-order valence-corrected chi connectivity index (χ3v) is 4.95. The van der Waals surface area contributed by atoms with Gasteiger partial charge in [0.05, 0.1) is 10.5 Å². The molecule has 0 heterocycles. The average Bonchev–Trinajstić information content (AvgIpc) is 2.70. The number of amides is 2. The molecule has 0 aliphatic heterocycles. The fraction of sp³-hybridized carbons (Fsp3) is 0.0476. The summed E-state index contributed by atoms with van der Waals surface area (Å²) in [5, 5.41) is 16.3. The quantitative estimate of drug-likeness (QED) is 0.444. The lowest BCUT2D eigenvalue weighted by Gasteiger charge is -2.10. The van der Waals surface area contributed by atoms with Crippen LogP contribution in [0, 0.1) is 10.1 Å². The van der Waals surface area contributed by atoms with E-state index >= 15 is 0 Å². The Labute approximate surface area is 171 Å². The molecular weight excluding hydrogens is 390 g/mol. The van der Waals surface area contributed by atoms with Gasteiger partial charge in [-0.25, -0.2) is 0 Å².